The van der Waals surface area contributed by atoms with Crippen LogP contribution in [-0.4, -0.2) is 12.7 Å². The molecule has 0 radical (unpaired) electrons. The van der Waals surface area contributed by atoms with E-state index in [1.54, 1.807) is 6.92 Å². The van der Waals surface area contributed by atoms with Crippen LogP contribution in [0.15, 0.2) is 54.6 Å². The molecule has 98 valence electrons. The number of amides is 1. The highest BCUT2D eigenvalue weighted by Crippen LogP contribution is 2.19. The van der Waals surface area contributed by atoms with Crippen molar-refractivity contribution in [2.75, 3.05) is 6.61 Å². The second kappa shape index (κ2) is 6.59. The van der Waals surface area contributed by atoms with E-state index < -0.39 is 0 Å². The Balaban J connectivity index is 2.06. The van der Waals surface area contributed by atoms with Gasteiger partial charge in [-0.2, -0.15) is 0 Å². The predicted molar refractivity (Wildman–Crippen MR) is 75.7 cm³/mol. The zero-order valence-electron chi connectivity index (χ0n) is 10.9. The number of benzene rings is 2. The molecule has 0 bridgehead atoms. The van der Waals surface area contributed by atoms with Gasteiger partial charge in [0.15, 0.2) is 0 Å². The van der Waals surface area contributed by atoms with Crippen LogP contribution in [0.25, 0.3) is 11.1 Å². The summed E-state index contributed by atoms with van der Waals surface area (Å²) < 4.78 is 4.83. The molecule has 3 heteroatoms. The quantitative estimate of drug-likeness (QED) is 0.906. The first-order valence-corrected chi connectivity index (χ1v) is 6.34. The van der Waals surface area contributed by atoms with E-state index in [-0.39, 0.29) is 6.09 Å². The van der Waals surface area contributed by atoms with Gasteiger partial charge in [-0.3, -0.25) is 0 Å². The number of hydrogen-bond acceptors (Lipinski definition) is 2. The van der Waals surface area contributed by atoms with E-state index in [1.165, 1.54) is 5.56 Å². The lowest BCUT2D eigenvalue weighted by Gasteiger charge is -2.07. The minimum Gasteiger partial charge on any atom is -0.450 e. The van der Waals surface area contributed by atoms with Crippen molar-refractivity contribution >= 4 is 6.09 Å². The van der Waals surface area contributed by atoms with Crippen LogP contribution in [0, 0.1) is 0 Å². The third-order valence-corrected chi connectivity index (χ3v) is 2.75. The molecule has 1 N–H and O–H groups in total. The van der Waals surface area contributed by atoms with Crippen molar-refractivity contribution < 1.29 is 9.53 Å². The van der Waals surface area contributed by atoms with E-state index in [1.807, 2.05) is 30.3 Å². The maximum Gasteiger partial charge on any atom is 0.407 e. The van der Waals surface area contributed by atoms with Crippen LogP contribution in [0.5, 0.6) is 0 Å². The minimum absolute atomic E-state index is 0.382. The third-order valence-electron chi connectivity index (χ3n) is 2.75. The molecule has 1 amide bonds. The summed E-state index contributed by atoms with van der Waals surface area (Å²) in [5.74, 6) is 0. The van der Waals surface area contributed by atoms with E-state index in [4.69, 9.17) is 4.74 Å². The molecular formula is C16H17NO2. The smallest absolute Gasteiger partial charge is 0.407 e. The van der Waals surface area contributed by atoms with Gasteiger partial charge in [0.25, 0.3) is 0 Å². The Morgan fingerprint density at radius 2 is 1.79 bits per heavy atom. The fourth-order valence-electron chi connectivity index (χ4n) is 1.85. The van der Waals surface area contributed by atoms with Crippen LogP contribution in [0.1, 0.15) is 12.5 Å². The number of carbonyl (C=O) groups is 1. The normalized spacial score (nSPS) is 9.95. The third kappa shape index (κ3) is 3.85. The summed E-state index contributed by atoms with van der Waals surface area (Å²) in [5, 5.41) is 2.72. The number of nitrogens with one attached hydrogen (secondary N) is 1. The lowest BCUT2D eigenvalue weighted by atomic mass is 10.0. The molecule has 2 aromatic carbocycles. The van der Waals surface area contributed by atoms with Crippen LogP contribution in [0.4, 0.5) is 4.79 Å². The monoisotopic (exact) mass is 255 g/mol. The molecule has 0 spiro atoms. The predicted octanol–water partition coefficient (Wildman–Crippen LogP) is 3.60. The molecule has 0 aromatic heterocycles. The summed E-state index contributed by atoms with van der Waals surface area (Å²) in [6.07, 6.45) is -0.382. The molecule has 3 nitrogen and oxygen atoms in total. The van der Waals surface area contributed by atoms with Crippen molar-refractivity contribution in [2.45, 2.75) is 13.5 Å². The van der Waals surface area contributed by atoms with Gasteiger partial charge in [0.05, 0.1) is 6.61 Å². The lowest BCUT2D eigenvalue weighted by Crippen LogP contribution is -2.23. The van der Waals surface area contributed by atoms with Crippen molar-refractivity contribution in [1.29, 1.82) is 0 Å². The number of alkyl carbamates (subject to hydrolysis) is 1. The Morgan fingerprint density at radius 3 is 2.53 bits per heavy atom. The largest absolute Gasteiger partial charge is 0.450 e. The number of carbonyl (C=O) groups excluding carboxylic acids is 1. The van der Waals surface area contributed by atoms with Crippen LogP contribution in [-0.2, 0) is 11.3 Å². The van der Waals surface area contributed by atoms with Crippen LogP contribution < -0.4 is 5.32 Å². The first-order valence-electron chi connectivity index (χ1n) is 6.34. The van der Waals surface area contributed by atoms with Crippen LogP contribution in [0.3, 0.4) is 0 Å². The second-order valence-corrected chi connectivity index (χ2v) is 4.14. The maximum atomic E-state index is 11.2. The summed E-state index contributed by atoms with van der Waals surface area (Å²) in [4.78, 5) is 11.2. The molecule has 19 heavy (non-hydrogen) atoms. The molecule has 0 saturated carbocycles. The van der Waals surface area contributed by atoms with Gasteiger partial charge in [-0.15, -0.1) is 0 Å². The van der Waals surface area contributed by atoms with Gasteiger partial charge in [0, 0.05) is 6.54 Å². The molecule has 0 aliphatic carbocycles. The van der Waals surface area contributed by atoms with Gasteiger partial charge < -0.3 is 10.1 Å². The Bertz CT molecular complexity index is 537. The molecule has 2 aromatic rings. The molecular weight excluding hydrogens is 238 g/mol. The lowest BCUT2D eigenvalue weighted by molar-refractivity contribution is 0.151. The summed E-state index contributed by atoms with van der Waals surface area (Å²) in [7, 11) is 0. The van der Waals surface area contributed by atoms with E-state index in [0.717, 1.165) is 11.1 Å². The summed E-state index contributed by atoms with van der Waals surface area (Å²) in [6, 6.07) is 18.3. The molecule has 0 aliphatic rings. The maximum absolute atomic E-state index is 11.2. The highest BCUT2D eigenvalue weighted by molar-refractivity contribution is 5.67. The van der Waals surface area contributed by atoms with Crippen LogP contribution in [0.2, 0.25) is 0 Å². The van der Waals surface area contributed by atoms with Crippen molar-refractivity contribution in [2.24, 2.45) is 0 Å². The Morgan fingerprint density at radius 1 is 1.05 bits per heavy atom. The Labute approximate surface area is 113 Å². The van der Waals surface area contributed by atoms with Gasteiger partial charge in [-0.25, -0.2) is 4.79 Å². The van der Waals surface area contributed by atoms with Gasteiger partial charge in [0.2, 0.25) is 0 Å². The van der Waals surface area contributed by atoms with E-state index in [0.29, 0.717) is 13.2 Å². The Hall–Kier alpha value is -2.29. The van der Waals surface area contributed by atoms with E-state index in [9.17, 15) is 4.79 Å². The fraction of sp³-hybridized carbons (Fsp3) is 0.188. The van der Waals surface area contributed by atoms with E-state index >= 15 is 0 Å². The molecule has 0 atom stereocenters. The second-order valence-electron chi connectivity index (χ2n) is 4.14. The highest BCUT2D eigenvalue weighted by atomic mass is 16.5. The van der Waals surface area contributed by atoms with Gasteiger partial charge in [-0.05, 0) is 29.7 Å². The summed E-state index contributed by atoms with van der Waals surface area (Å²) >= 11 is 0. The molecule has 0 aliphatic heterocycles. The Kier molecular flexibility index (Phi) is 4.56. The first kappa shape index (κ1) is 13.1. The highest BCUT2D eigenvalue weighted by Gasteiger charge is 2.02. The molecule has 2 rings (SSSR count). The standard InChI is InChI=1S/C16H17NO2/c1-2-19-16(18)17-12-13-7-6-10-15(11-13)14-8-4-3-5-9-14/h3-11H,2,12H2,1H3,(H,17,18). The first-order chi connectivity index (χ1) is 9.29. The zero-order valence-corrected chi connectivity index (χ0v) is 10.9. The summed E-state index contributed by atoms with van der Waals surface area (Å²) in [6.45, 7) is 2.64. The topological polar surface area (TPSA) is 38.3 Å². The van der Waals surface area contributed by atoms with Crippen LogP contribution >= 0.6 is 0 Å². The number of hydrogen-bond donors (Lipinski definition) is 1. The molecule has 0 fully saturated rings. The molecule has 0 unspecified atom stereocenters. The molecule has 0 heterocycles. The van der Waals surface area contributed by atoms with Gasteiger partial charge in [-0.1, -0.05) is 48.5 Å². The summed E-state index contributed by atoms with van der Waals surface area (Å²) in [5.41, 5.74) is 3.36. The number of rotatable bonds is 4. The van der Waals surface area contributed by atoms with Crippen molar-refractivity contribution in [3.63, 3.8) is 0 Å². The van der Waals surface area contributed by atoms with Crippen molar-refractivity contribution in [1.82, 2.24) is 5.32 Å². The number of ether oxygens (including phenoxy) is 1. The van der Waals surface area contributed by atoms with Gasteiger partial charge >= 0.3 is 6.09 Å². The van der Waals surface area contributed by atoms with Crippen molar-refractivity contribution in [3.8, 4) is 11.1 Å². The average Bonchev–Trinajstić information content (AvgIpc) is 2.47. The van der Waals surface area contributed by atoms with E-state index in [2.05, 4.69) is 29.6 Å². The minimum atomic E-state index is -0.382. The average molecular weight is 255 g/mol. The molecule has 0 saturated heterocycles. The van der Waals surface area contributed by atoms with Gasteiger partial charge in [0.1, 0.15) is 0 Å². The van der Waals surface area contributed by atoms with Crippen molar-refractivity contribution in [3.05, 3.63) is 60.2 Å². The fourth-order valence-corrected chi connectivity index (χ4v) is 1.85. The zero-order chi connectivity index (χ0) is 13.5. The SMILES string of the molecule is CCOC(=O)NCc1cccc(-c2ccccc2)c1.